The number of rotatable bonds is 8. The van der Waals surface area contributed by atoms with Crippen molar-refractivity contribution >= 4 is 0 Å². The minimum atomic E-state index is -1.75. The molecule has 0 aromatic heterocycles. The van der Waals surface area contributed by atoms with Crippen LogP contribution in [0.25, 0.3) is 0 Å². The molecule has 10 nitrogen and oxygen atoms in total. The van der Waals surface area contributed by atoms with E-state index in [-0.39, 0.29) is 17.1 Å². The predicted molar refractivity (Wildman–Crippen MR) is 72.3 cm³/mol. The Morgan fingerprint density at radius 2 is 0.895 bits per heavy atom. The summed E-state index contributed by atoms with van der Waals surface area (Å²) in [5, 5.41) is 20.8. The van der Waals surface area contributed by atoms with Gasteiger partial charge in [-0.05, 0) is 0 Å². The third-order valence-corrected chi connectivity index (χ3v) is 1.28. The fourth-order valence-corrected chi connectivity index (χ4v) is 0.658. The summed E-state index contributed by atoms with van der Waals surface area (Å²) in [7, 11) is 0. The molecule has 0 fully saturated rings. The van der Waals surface area contributed by atoms with Gasteiger partial charge in [0.05, 0.1) is 5.09 Å². The molecular formula is C8H26CuN7O3-. The summed E-state index contributed by atoms with van der Waals surface area (Å²) in [6.07, 6.45) is 0. The molecule has 0 aliphatic heterocycles. The average Bonchev–Trinajstić information content (AvgIpc) is 2.31. The van der Waals surface area contributed by atoms with Crippen molar-refractivity contribution in [3.63, 3.8) is 0 Å². The molecule has 0 atom stereocenters. The first-order chi connectivity index (χ1) is 8.56. The van der Waals surface area contributed by atoms with E-state index >= 15 is 0 Å². The van der Waals surface area contributed by atoms with Crippen LogP contribution in [0, 0.1) is 15.3 Å². The fraction of sp³-hybridized carbons (Fsp3) is 1.00. The van der Waals surface area contributed by atoms with Gasteiger partial charge in [-0.1, -0.05) is 0 Å². The second-order valence-corrected chi connectivity index (χ2v) is 2.88. The van der Waals surface area contributed by atoms with Gasteiger partial charge in [0.25, 0.3) is 0 Å². The van der Waals surface area contributed by atoms with Crippen LogP contribution in [0.4, 0.5) is 0 Å². The predicted octanol–water partition coefficient (Wildman–Crippen LogP) is -3.25. The summed E-state index contributed by atoms with van der Waals surface area (Å²) >= 11 is 0. The molecule has 0 aliphatic rings. The van der Waals surface area contributed by atoms with Gasteiger partial charge in [-0.2, -0.15) is 0 Å². The van der Waals surface area contributed by atoms with Crippen LogP contribution in [0.3, 0.4) is 0 Å². The number of nitrogens with zero attached hydrogens (tertiary/aromatic N) is 1. The Balaban J connectivity index is -0.0000000900. The fourth-order valence-electron chi connectivity index (χ4n) is 0.658. The maximum Gasteiger partial charge on any atom is 0.0689 e. The van der Waals surface area contributed by atoms with Gasteiger partial charge in [0.2, 0.25) is 0 Å². The molecule has 0 heterocycles. The third-order valence-electron chi connectivity index (χ3n) is 1.28. The Bertz CT molecular complexity index is 134. The van der Waals surface area contributed by atoms with Crippen molar-refractivity contribution in [2.24, 2.45) is 22.9 Å². The Labute approximate surface area is 124 Å². The Kier molecular flexibility index (Phi) is 43.2. The largest absolute Gasteiger partial charge is 0.356 e. The molecule has 0 aromatic rings. The zero-order valence-corrected chi connectivity index (χ0v) is 11.9. The van der Waals surface area contributed by atoms with Crippen molar-refractivity contribution in [1.29, 1.82) is 0 Å². The van der Waals surface area contributed by atoms with Crippen LogP contribution in [0.2, 0.25) is 0 Å². The zero-order chi connectivity index (χ0) is 14.6. The van der Waals surface area contributed by atoms with Gasteiger partial charge in [-0.3, -0.25) is 0 Å². The van der Waals surface area contributed by atoms with Crippen molar-refractivity contribution < 1.29 is 22.2 Å². The molecule has 0 saturated heterocycles. The summed E-state index contributed by atoms with van der Waals surface area (Å²) in [5.41, 5.74) is 20.7. The van der Waals surface area contributed by atoms with E-state index in [9.17, 15) is 0 Å². The number of hydrogen-bond donors (Lipinski definition) is 6. The van der Waals surface area contributed by atoms with Crippen molar-refractivity contribution in [2.45, 2.75) is 0 Å². The molecule has 0 rings (SSSR count). The number of hydrogen-bond acceptors (Lipinski definition) is 9. The summed E-state index contributed by atoms with van der Waals surface area (Å²) in [5.74, 6) is 0. The first kappa shape index (κ1) is 26.9. The molecule has 1 radical (unpaired) electrons. The molecule has 0 aromatic carbocycles. The molecule has 0 unspecified atom stereocenters. The first-order valence-corrected chi connectivity index (χ1v) is 5.59. The normalized spacial score (nSPS) is 8.21. The van der Waals surface area contributed by atoms with Crippen molar-refractivity contribution in [2.75, 3.05) is 52.4 Å². The zero-order valence-electron chi connectivity index (χ0n) is 10.9. The first-order valence-electron chi connectivity index (χ1n) is 5.59. The van der Waals surface area contributed by atoms with E-state index in [4.69, 9.17) is 38.3 Å². The summed E-state index contributed by atoms with van der Waals surface area (Å²) in [6, 6.07) is 0. The summed E-state index contributed by atoms with van der Waals surface area (Å²) < 4.78 is 0. The van der Waals surface area contributed by atoms with E-state index in [1.54, 1.807) is 0 Å². The van der Waals surface area contributed by atoms with Crippen LogP contribution in [0.1, 0.15) is 0 Å². The van der Waals surface area contributed by atoms with Crippen LogP contribution < -0.4 is 33.6 Å². The standard InChI is InChI=1S/2C4H13N3.Cu.NO3/c2*5-1-3-7-4-2-6;;2-1(3)4/h2*7H,1-6H2;;/q;;;-1. The molecule has 0 saturated carbocycles. The van der Waals surface area contributed by atoms with Gasteiger partial charge >= 0.3 is 0 Å². The smallest absolute Gasteiger partial charge is 0.0689 e. The molecule has 10 N–H and O–H groups in total. The molecule has 0 spiro atoms. The Morgan fingerprint density at radius 3 is 1.00 bits per heavy atom. The minimum Gasteiger partial charge on any atom is -0.356 e. The summed E-state index contributed by atoms with van der Waals surface area (Å²) in [6.45, 7) is 6.27. The maximum absolute atomic E-state index is 8.25. The van der Waals surface area contributed by atoms with E-state index in [2.05, 4.69) is 10.6 Å². The SMILES string of the molecule is NCCNCCN.NCCNCCN.O=[N+]([O-])[O-].[Cu]. The van der Waals surface area contributed by atoms with E-state index in [0.29, 0.717) is 26.2 Å². The van der Waals surface area contributed by atoms with Gasteiger partial charge < -0.3 is 48.9 Å². The second-order valence-electron chi connectivity index (χ2n) is 2.88. The molecule has 0 aliphatic carbocycles. The van der Waals surface area contributed by atoms with E-state index in [1.807, 2.05) is 0 Å². The van der Waals surface area contributed by atoms with Gasteiger partial charge in [0.15, 0.2) is 0 Å². The van der Waals surface area contributed by atoms with Crippen molar-refractivity contribution in [1.82, 2.24) is 10.6 Å². The average molecular weight is 332 g/mol. The van der Waals surface area contributed by atoms with Crippen molar-refractivity contribution in [3.05, 3.63) is 15.3 Å². The van der Waals surface area contributed by atoms with Crippen LogP contribution in [0.5, 0.6) is 0 Å². The van der Waals surface area contributed by atoms with Gasteiger partial charge in [-0.25, -0.2) is 0 Å². The van der Waals surface area contributed by atoms with E-state index in [1.165, 1.54) is 0 Å². The van der Waals surface area contributed by atoms with Crippen LogP contribution in [0.15, 0.2) is 0 Å². The number of nitrogens with one attached hydrogen (secondary N) is 2. The van der Waals surface area contributed by atoms with Crippen LogP contribution in [-0.2, 0) is 17.1 Å². The number of nitrogens with two attached hydrogens (primary N) is 4. The Hall–Kier alpha value is -0.521. The summed E-state index contributed by atoms with van der Waals surface area (Å²) in [4.78, 5) is 8.25. The molecule has 0 bridgehead atoms. The topological polar surface area (TPSA) is 194 Å². The second kappa shape index (κ2) is 30.5. The Morgan fingerprint density at radius 1 is 0.737 bits per heavy atom. The third kappa shape index (κ3) is 74.9. The van der Waals surface area contributed by atoms with E-state index < -0.39 is 5.09 Å². The molecule has 0 amide bonds. The minimum absolute atomic E-state index is 0. The molecule has 123 valence electrons. The van der Waals surface area contributed by atoms with Crippen LogP contribution >= 0.6 is 0 Å². The molecule has 11 heteroatoms. The van der Waals surface area contributed by atoms with Gasteiger partial charge in [0, 0.05) is 69.4 Å². The van der Waals surface area contributed by atoms with Gasteiger partial charge in [0.1, 0.15) is 0 Å². The van der Waals surface area contributed by atoms with Crippen LogP contribution in [-0.4, -0.2) is 57.4 Å². The van der Waals surface area contributed by atoms with Crippen molar-refractivity contribution in [3.8, 4) is 0 Å². The van der Waals surface area contributed by atoms with Gasteiger partial charge in [-0.15, -0.1) is 0 Å². The van der Waals surface area contributed by atoms with E-state index in [0.717, 1.165) is 26.2 Å². The quantitative estimate of drug-likeness (QED) is 0.114. The monoisotopic (exact) mass is 331 g/mol. The molecule has 19 heavy (non-hydrogen) atoms. The maximum atomic E-state index is 8.25. The molecular weight excluding hydrogens is 306 g/mol.